The first-order chi connectivity index (χ1) is 21.4. The highest BCUT2D eigenvalue weighted by atomic mass is 35.5. The Morgan fingerprint density at radius 2 is 1.69 bits per heavy atom. The molecule has 0 spiro atoms. The van der Waals surface area contributed by atoms with Gasteiger partial charge in [-0.1, -0.05) is 61.3 Å². The second kappa shape index (κ2) is 12.6. The van der Waals surface area contributed by atoms with Crippen molar-refractivity contribution >= 4 is 51.9 Å². The number of aliphatic hydroxyl groups excluding tert-OH is 1. The molecule has 11 heteroatoms. The van der Waals surface area contributed by atoms with Gasteiger partial charge in [-0.15, -0.1) is 0 Å². The smallest absolute Gasteiger partial charge is 0.263 e. The molecule has 240 valence electrons. The number of rotatable bonds is 6. The van der Waals surface area contributed by atoms with Crippen LogP contribution in [0.1, 0.15) is 57.7 Å². The number of nitrogens with zero attached hydrogens (tertiary/aromatic N) is 5. The van der Waals surface area contributed by atoms with E-state index in [-0.39, 0.29) is 42.5 Å². The SMILES string of the molecule is CC(C)C1=C(C(=O)N2C(C)CCC2C(=O)N2CCN(C)[C@@H](CO)C2)SC2=N[C@@](C)(c3ccc(Cl)cc3)[C@@H](c3ccc(Cl)cc3)N21. The van der Waals surface area contributed by atoms with Crippen molar-refractivity contribution in [1.29, 1.82) is 0 Å². The zero-order valence-corrected chi connectivity index (χ0v) is 28.7. The Bertz CT molecular complexity index is 1530. The number of aliphatic hydroxyl groups is 1. The fraction of sp³-hybridized carbons (Fsp3) is 0.500. The van der Waals surface area contributed by atoms with Gasteiger partial charge in [-0.25, -0.2) is 4.99 Å². The number of likely N-dealkylation sites (tertiary alicyclic amines) is 1. The molecular formula is C34H41Cl2N5O3S. The summed E-state index contributed by atoms with van der Waals surface area (Å²) in [6.45, 7) is 10.1. The quantitative estimate of drug-likeness (QED) is 0.422. The van der Waals surface area contributed by atoms with E-state index >= 15 is 0 Å². The molecule has 4 aliphatic heterocycles. The normalized spacial score (nSPS) is 28.7. The average molecular weight is 671 g/mol. The van der Waals surface area contributed by atoms with Crippen LogP contribution in [0.3, 0.4) is 0 Å². The van der Waals surface area contributed by atoms with E-state index in [2.05, 4.69) is 30.6 Å². The lowest BCUT2D eigenvalue weighted by atomic mass is 9.81. The third-order valence-electron chi connectivity index (χ3n) is 9.85. The Hall–Kier alpha value is -2.56. The summed E-state index contributed by atoms with van der Waals surface area (Å²) in [7, 11) is 1.97. The van der Waals surface area contributed by atoms with Crippen LogP contribution in [0.4, 0.5) is 0 Å². The molecule has 2 fully saturated rings. The number of piperazine rings is 1. The molecule has 0 radical (unpaired) electrons. The van der Waals surface area contributed by atoms with Crippen molar-refractivity contribution in [2.24, 2.45) is 10.9 Å². The van der Waals surface area contributed by atoms with Gasteiger partial charge in [0.15, 0.2) is 5.17 Å². The fourth-order valence-corrected chi connectivity index (χ4v) is 8.91. The predicted molar refractivity (Wildman–Crippen MR) is 181 cm³/mol. The molecule has 2 aromatic rings. The van der Waals surface area contributed by atoms with Gasteiger partial charge in [-0.05, 0) is 86.8 Å². The number of benzene rings is 2. The van der Waals surface area contributed by atoms with Crippen LogP contribution >= 0.6 is 35.0 Å². The third-order valence-corrected chi connectivity index (χ3v) is 11.4. The molecule has 2 unspecified atom stereocenters. The number of aliphatic imine (C=N–C) groups is 1. The molecule has 2 amide bonds. The summed E-state index contributed by atoms with van der Waals surface area (Å²) in [6.07, 6.45) is 1.39. The molecule has 2 aromatic carbocycles. The summed E-state index contributed by atoms with van der Waals surface area (Å²) in [5.41, 5.74) is 2.34. The summed E-state index contributed by atoms with van der Waals surface area (Å²) < 4.78 is 0. The van der Waals surface area contributed by atoms with Crippen LogP contribution in [0.15, 0.2) is 64.1 Å². The number of amides is 2. The standard InChI is InChI=1S/C34H41Cl2N5O3S/c1-20(2)28-29(32(44)40-21(3)6-15-27(40)31(43)39-17-16-38(5)26(18-39)19-42)45-33-37-34(4,23-9-13-25(36)14-10-23)30(41(28)33)22-7-11-24(35)12-8-22/h7-14,20-21,26-27,30,42H,6,15-19H2,1-5H3/t21?,26-,27?,30-,34+/m1/s1. The predicted octanol–water partition coefficient (Wildman–Crippen LogP) is 5.75. The van der Waals surface area contributed by atoms with Gasteiger partial charge >= 0.3 is 0 Å². The number of carbonyl (C=O) groups is 2. The van der Waals surface area contributed by atoms with Crippen molar-refractivity contribution in [3.63, 3.8) is 0 Å². The minimum atomic E-state index is -0.653. The molecule has 5 atom stereocenters. The van der Waals surface area contributed by atoms with E-state index in [1.807, 2.05) is 72.3 Å². The summed E-state index contributed by atoms with van der Waals surface area (Å²) in [4.78, 5) is 42.5. The number of hydrogen-bond acceptors (Lipinski definition) is 7. The Balaban J connectivity index is 1.37. The lowest BCUT2D eigenvalue weighted by Crippen LogP contribution is -2.58. The summed E-state index contributed by atoms with van der Waals surface area (Å²) >= 11 is 14.0. The lowest BCUT2D eigenvalue weighted by Gasteiger charge is -2.41. The monoisotopic (exact) mass is 669 g/mol. The van der Waals surface area contributed by atoms with Gasteiger partial charge in [0.05, 0.1) is 18.7 Å². The van der Waals surface area contributed by atoms with Crippen molar-refractivity contribution in [3.8, 4) is 0 Å². The lowest BCUT2D eigenvalue weighted by molar-refractivity contribution is -0.145. The molecule has 0 saturated carbocycles. The van der Waals surface area contributed by atoms with Gasteiger partial charge in [0.1, 0.15) is 16.5 Å². The number of likely N-dealkylation sites (N-methyl/N-ethyl adjacent to an activating group) is 1. The molecule has 0 aromatic heterocycles. The van der Waals surface area contributed by atoms with Crippen LogP contribution in [-0.4, -0.2) is 93.1 Å². The molecule has 0 bridgehead atoms. The van der Waals surface area contributed by atoms with Gasteiger partial charge in [0, 0.05) is 41.4 Å². The van der Waals surface area contributed by atoms with Gasteiger partial charge in [0.2, 0.25) is 5.91 Å². The number of allylic oxidation sites excluding steroid dienone is 1. The highest BCUT2D eigenvalue weighted by molar-refractivity contribution is 8.18. The molecule has 1 N–H and O–H groups in total. The molecule has 4 heterocycles. The molecule has 45 heavy (non-hydrogen) atoms. The van der Waals surface area contributed by atoms with Crippen LogP contribution in [0, 0.1) is 5.92 Å². The minimum Gasteiger partial charge on any atom is -0.395 e. The first-order valence-electron chi connectivity index (χ1n) is 15.7. The first kappa shape index (κ1) is 32.4. The van der Waals surface area contributed by atoms with Crippen LogP contribution in [0.5, 0.6) is 0 Å². The minimum absolute atomic E-state index is 0.00700. The van der Waals surface area contributed by atoms with Crippen molar-refractivity contribution in [2.45, 2.75) is 70.2 Å². The van der Waals surface area contributed by atoms with Crippen molar-refractivity contribution in [3.05, 3.63) is 80.3 Å². The maximum atomic E-state index is 14.6. The Labute approximate surface area is 280 Å². The zero-order valence-electron chi connectivity index (χ0n) is 26.4. The average Bonchev–Trinajstić information content (AvgIpc) is 3.67. The van der Waals surface area contributed by atoms with Crippen LogP contribution in [-0.2, 0) is 15.1 Å². The zero-order chi connectivity index (χ0) is 32.2. The molecule has 6 rings (SSSR count). The first-order valence-corrected chi connectivity index (χ1v) is 17.3. The van der Waals surface area contributed by atoms with Crippen LogP contribution < -0.4 is 0 Å². The number of thioether (sulfide) groups is 1. The molecular weight excluding hydrogens is 629 g/mol. The van der Waals surface area contributed by atoms with Gasteiger partial charge in [-0.3, -0.25) is 14.5 Å². The summed E-state index contributed by atoms with van der Waals surface area (Å²) in [5, 5.41) is 12.0. The second-order valence-corrected chi connectivity index (χ2v) is 15.0. The molecule has 4 aliphatic rings. The van der Waals surface area contributed by atoms with Gasteiger partial charge < -0.3 is 19.8 Å². The molecule has 8 nitrogen and oxygen atoms in total. The number of hydrogen-bond donors (Lipinski definition) is 1. The van der Waals surface area contributed by atoms with E-state index in [0.717, 1.165) is 28.4 Å². The van der Waals surface area contributed by atoms with E-state index in [1.54, 1.807) is 0 Å². The van der Waals surface area contributed by atoms with Gasteiger partial charge in [0.25, 0.3) is 5.91 Å². The van der Waals surface area contributed by atoms with E-state index in [1.165, 1.54) is 11.8 Å². The van der Waals surface area contributed by atoms with E-state index in [4.69, 9.17) is 28.2 Å². The van der Waals surface area contributed by atoms with Crippen molar-refractivity contribution in [2.75, 3.05) is 33.3 Å². The maximum absolute atomic E-state index is 14.6. The highest BCUT2D eigenvalue weighted by Gasteiger charge is 2.54. The van der Waals surface area contributed by atoms with Gasteiger partial charge in [-0.2, -0.15) is 0 Å². The molecule has 2 saturated heterocycles. The van der Waals surface area contributed by atoms with E-state index in [9.17, 15) is 14.7 Å². The number of halogens is 2. The number of amidine groups is 1. The third kappa shape index (κ3) is 5.69. The maximum Gasteiger partial charge on any atom is 0.263 e. The van der Waals surface area contributed by atoms with E-state index in [0.29, 0.717) is 41.0 Å². The summed E-state index contributed by atoms with van der Waals surface area (Å²) in [6, 6.07) is 14.8. The number of carbonyl (C=O) groups excluding carboxylic acids is 2. The van der Waals surface area contributed by atoms with E-state index < -0.39 is 11.6 Å². The number of fused-ring (bicyclic) bond motifs is 1. The topological polar surface area (TPSA) is 79.7 Å². The fourth-order valence-electron chi connectivity index (χ4n) is 7.30. The Kier molecular flexibility index (Phi) is 9.04. The largest absolute Gasteiger partial charge is 0.395 e. The second-order valence-electron chi connectivity index (χ2n) is 13.1. The Morgan fingerprint density at radius 3 is 2.31 bits per heavy atom. The highest BCUT2D eigenvalue weighted by Crippen LogP contribution is 2.56. The van der Waals surface area contributed by atoms with Crippen LogP contribution in [0.25, 0.3) is 0 Å². The summed E-state index contributed by atoms with van der Waals surface area (Å²) in [5.74, 6) is -0.123. The van der Waals surface area contributed by atoms with Crippen molar-refractivity contribution in [1.82, 2.24) is 19.6 Å². The molecule has 0 aliphatic carbocycles. The van der Waals surface area contributed by atoms with Crippen LogP contribution in [0.2, 0.25) is 10.0 Å². The van der Waals surface area contributed by atoms with Crippen molar-refractivity contribution < 1.29 is 14.7 Å². The Morgan fingerprint density at radius 1 is 1.04 bits per heavy atom.